The third kappa shape index (κ3) is 6.18. The molecule has 1 atom stereocenters. The Kier molecular flexibility index (Phi) is 9.76. The number of hydrogen-bond donors (Lipinski definition) is 2. The summed E-state index contributed by atoms with van der Waals surface area (Å²) in [5, 5.41) is 8.82. The number of aliphatic carboxylic acids is 1. The Balaban J connectivity index is 0.00000361. The average Bonchev–Trinajstić information content (AvgIpc) is 2.38. The number of nitrogens with zero attached hydrogens (tertiary/aromatic N) is 1. The number of halogens is 3. The van der Waals surface area contributed by atoms with Gasteiger partial charge in [-0.05, 0) is 24.1 Å². The van der Waals surface area contributed by atoms with Crippen molar-refractivity contribution in [1.82, 2.24) is 0 Å². The fourth-order valence-electron chi connectivity index (χ4n) is 1.80. The van der Waals surface area contributed by atoms with E-state index in [9.17, 15) is 4.79 Å². The van der Waals surface area contributed by atoms with Crippen molar-refractivity contribution in [3.8, 4) is 0 Å². The molecule has 0 aliphatic heterocycles. The summed E-state index contributed by atoms with van der Waals surface area (Å²) in [6, 6.07) is 6.75. The summed E-state index contributed by atoms with van der Waals surface area (Å²) in [5.74, 6) is 0.0229. The maximum absolute atomic E-state index is 10.8. The monoisotopic (exact) mass is 340 g/mol. The Morgan fingerprint density at radius 2 is 1.90 bits per heavy atom. The normalized spacial score (nSPS) is 11.6. The first-order valence-corrected chi connectivity index (χ1v) is 7.09. The van der Waals surface area contributed by atoms with Gasteiger partial charge in [-0.3, -0.25) is 4.79 Å². The molecule has 1 unspecified atom stereocenters. The predicted molar refractivity (Wildman–Crippen MR) is 86.7 cm³/mol. The molecule has 0 heterocycles. The highest BCUT2D eigenvalue weighted by Crippen LogP contribution is 2.17. The molecule has 0 fully saturated rings. The van der Waals surface area contributed by atoms with Crippen LogP contribution in [-0.4, -0.2) is 42.0 Å². The van der Waals surface area contributed by atoms with Gasteiger partial charge in [0.25, 0.3) is 0 Å². The number of carbonyl (C=O) groups is 1. The maximum Gasteiger partial charge on any atom is 0.320 e. The number of anilines is 1. The van der Waals surface area contributed by atoms with E-state index in [0.29, 0.717) is 31.3 Å². The smallest absolute Gasteiger partial charge is 0.320 e. The summed E-state index contributed by atoms with van der Waals surface area (Å²) < 4.78 is 0. The zero-order valence-electron chi connectivity index (χ0n) is 11.0. The summed E-state index contributed by atoms with van der Waals surface area (Å²) in [4.78, 5) is 12.8. The van der Waals surface area contributed by atoms with E-state index in [1.54, 1.807) is 0 Å². The quantitative estimate of drug-likeness (QED) is 0.712. The van der Waals surface area contributed by atoms with E-state index < -0.39 is 12.0 Å². The van der Waals surface area contributed by atoms with Crippen molar-refractivity contribution in [2.75, 3.05) is 29.7 Å². The van der Waals surface area contributed by atoms with Crippen LogP contribution in [0.15, 0.2) is 24.3 Å². The van der Waals surface area contributed by atoms with Crippen molar-refractivity contribution in [3.05, 3.63) is 29.8 Å². The molecule has 4 nitrogen and oxygen atoms in total. The largest absolute Gasteiger partial charge is 0.480 e. The zero-order chi connectivity index (χ0) is 14.3. The van der Waals surface area contributed by atoms with Crippen molar-refractivity contribution < 1.29 is 9.90 Å². The lowest BCUT2D eigenvalue weighted by Crippen LogP contribution is -2.32. The van der Waals surface area contributed by atoms with Gasteiger partial charge < -0.3 is 15.7 Å². The third-order valence-corrected chi connectivity index (χ3v) is 3.10. The van der Waals surface area contributed by atoms with Crippen molar-refractivity contribution >= 4 is 47.3 Å². The minimum atomic E-state index is -0.997. The van der Waals surface area contributed by atoms with Crippen LogP contribution < -0.4 is 10.6 Å². The van der Waals surface area contributed by atoms with Gasteiger partial charge in [0.15, 0.2) is 0 Å². The molecule has 0 saturated heterocycles. The first-order chi connectivity index (χ1) is 9.08. The molecule has 0 aliphatic carbocycles. The molecule has 1 aromatic rings. The number of carboxylic acid groups (broad SMARTS) is 1. The Hall–Kier alpha value is -0.680. The number of carboxylic acids is 1. The van der Waals surface area contributed by atoms with Crippen LogP contribution in [0.1, 0.15) is 5.56 Å². The van der Waals surface area contributed by atoms with E-state index in [1.165, 1.54) is 0 Å². The molecule has 1 aromatic carbocycles. The molecule has 0 saturated carbocycles. The van der Waals surface area contributed by atoms with Crippen LogP contribution in [0.3, 0.4) is 0 Å². The summed E-state index contributed by atoms with van der Waals surface area (Å²) >= 11 is 11.5. The second-order valence-corrected chi connectivity index (χ2v) is 4.94. The number of benzene rings is 1. The first kappa shape index (κ1) is 19.3. The zero-order valence-corrected chi connectivity index (χ0v) is 13.3. The van der Waals surface area contributed by atoms with Crippen molar-refractivity contribution in [3.63, 3.8) is 0 Å². The average molecular weight is 342 g/mol. The maximum atomic E-state index is 10.8. The highest BCUT2D eigenvalue weighted by Gasteiger charge is 2.13. The van der Waals surface area contributed by atoms with Crippen LogP contribution in [-0.2, 0) is 11.2 Å². The highest BCUT2D eigenvalue weighted by molar-refractivity contribution is 6.18. The molecule has 0 aromatic heterocycles. The van der Waals surface area contributed by atoms with E-state index in [2.05, 4.69) is 4.90 Å². The minimum absolute atomic E-state index is 0. The number of nitrogens with two attached hydrogens (primary N) is 1. The van der Waals surface area contributed by atoms with Crippen LogP contribution in [0.4, 0.5) is 5.69 Å². The summed E-state index contributed by atoms with van der Waals surface area (Å²) in [6.45, 7) is 1.39. The molecule has 0 radical (unpaired) electrons. The predicted octanol–water partition coefficient (Wildman–Crippen LogP) is 2.35. The Bertz CT molecular complexity index is 412. The molecular formula is C13H19Cl3N2O2. The molecular weight excluding hydrogens is 323 g/mol. The van der Waals surface area contributed by atoms with E-state index in [1.807, 2.05) is 24.3 Å². The van der Waals surface area contributed by atoms with Gasteiger partial charge in [0.1, 0.15) is 6.04 Å². The summed E-state index contributed by atoms with van der Waals surface area (Å²) in [5.41, 5.74) is 7.41. The van der Waals surface area contributed by atoms with E-state index in [-0.39, 0.29) is 12.4 Å². The fourth-order valence-corrected chi connectivity index (χ4v) is 2.20. The van der Waals surface area contributed by atoms with Crippen molar-refractivity contribution in [2.45, 2.75) is 12.5 Å². The molecule has 0 amide bonds. The minimum Gasteiger partial charge on any atom is -0.480 e. The number of hydrogen-bond acceptors (Lipinski definition) is 3. The molecule has 0 aliphatic rings. The Morgan fingerprint density at radius 1 is 1.30 bits per heavy atom. The number of rotatable bonds is 8. The SMILES string of the molecule is Cl.NC(Cc1cccc(N(CCCl)CCCl)c1)C(=O)O. The summed E-state index contributed by atoms with van der Waals surface area (Å²) in [6.07, 6.45) is 0.304. The lowest BCUT2D eigenvalue weighted by atomic mass is 10.1. The summed E-state index contributed by atoms with van der Waals surface area (Å²) in [7, 11) is 0. The van der Waals surface area contributed by atoms with Gasteiger partial charge in [0.2, 0.25) is 0 Å². The van der Waals surface area contributed by atoms with Gasteiger partial charge in [-0.1, -0.05) is 12.1 Å². The molecule has 7 heteroatoms. The highest BCUT2D eigenvalue weighted by atomic mass is 35.5. The Morgan fingerprint density at radius 3 is 2.40 bits per heavy atom. The molecule has 0 spiro atoms. The topological polar surface area (TPSA) is 66.6 Å². The van der Waals surface area contributed by atoms with Gasteiger partial charge in [-0.15, -0.1) is 35.6 Å². The van der Waals surface area contributed by atoms with Crippen molar-refractivity contribution in [2.24, 2.45) is 5.73 Å². The van der Waals surface area contributed by atoms with Gasteiger partial charge >= 0.3 is 5.97 Å². The van der Waals surface area contributed by atoms with Crippen LogP contribution in [0.2, 0.25) is 0 Å². The lowest BCUT2D eigenvalue weighted by molar-refractivity contribution is -0.138. The number of alkyl halides is 2. The molecule has 114 valence electrons. The molecule has 3 N–H and O–H groups in total. The van der Waals surface area contributed by atoms with Crippen LogP contribution >= 0.6 is 35.6 Å². The first-order valence-electron chi connectivity index (χ1n) is 6.02. The van der Waals surface area contributed by atoms with Crippen LogP contribution in [0.5, 0.6) is 0 Å². The van der Waals surface area contributed by atoms with Gasteiger partial charge in [0, 0.05) is 30.5 Å². The molecule has 1 rings (SSSR count). The second kappa shape index (κ2) is 10.1. The third-order valence-electron chi connectivity index (χ3n) is 2.76. The molecule has 20 heavy (non-hydrogen) atoms. The van der Waals surface area contributed by atoms with Crippen LogP contribution in [0.25, 0.3) is 0 Å². The Labute approximate surface area is 135 Å². The van der Waals surface area contributed by atoms with E-state index in [0.717, 1.165) is 11.3 Å². The van der Waals surface area contributed by atoms with Crippen LogP contribution in [0, 0.1) is 0 Å². The van der Waals surface area contributed by atoms with E-state index in [4.69, 9.17) is 34.0 Å². The second-order valence-electron chi connectivity index (χ2n) is 4.18. The molecule has 0 bridgehead atoms. The van der Waals surface area contributed by atoms with Gasteiger partial charge in [0.05, 0.1) is 0 Å². The van der Waals surface area contributed by atoms with Gasteiger partial charge in [-0.25, -0.2) is 0 Å². The van der Waals surface area contributed by atoms with E-state index >= 15 is 0 Å². The lowest BCUT2D eigenvalue weighted by Gasteiger charge is -2.23. The van der Waals surface area contributed by atoms with Gasteiger partial charge in [-0.2, -0.15) is 0 Å². The standard InChI is InChI=1S/C13H18Cl2N2O2.ClH/c14-4-6-17(7-5-15)11-3-1-2-10(8-11)9-12(16)13(18)19;/h1-3,8,12H,4-7,9,16H2,(H,18,19);1H. The fraction of sp³-hybridized carbons (Fsp3) is 0.462. The van der Waals surface area contributed by atoms with Crippen molar-refractivity contribution in [1.29, 1.82) is 0 Å².